The summed E-state index contributed by atoms with van der Waals surface area (Å²) in [6.07, 6.45) is 0. The zero-order valence-corrected chi connectivity index (χ0v) is 9.60. The van der Waals surface area contributed by atoms with E-state index in [4.69, 9.17) is 10.00 Å². The molecule has 1 atom stereocenters. The Labute approximate surface area is 95.0 Å². The van der Waals surface area contributed by atoms with Gasteiger partial charge in [0, 0.05) is 12.6 Å². The molecule has 0 bridgehead atoms. The van der Waals surface area contributed by atoms with E-state index < -0.39 is 6.04 Å². The van der Waals surface area contributed by atoms with Gasteiger partial charge in [0.1, 0.15) is 11.8 Å². The zero-order valence-electron chi connectivity index (χ0n) is 9.60. The number of carbonyl (C=O) groups excluding carboxylic acids is 1. The fraction of sp³-hybridized carbons (Fsp3) is 0.333. The van der Waals surface area contributed by atoms with Crippen molar-refractivity contribution < 1.29 is 9.53 Å². The maximum atomic E-state index is 11.9. The second kappa shape index (κ2) is 5.17. The second-order valence-electron chi connectivity index (χ2n) is 3.45. The average Bonchev–Trinajstić information content (AvgIpc) is 2.36. The first kappa shape index (κ1) is 12.1. The first-order valence-corrected chi connectivity index (χ1v) is 4.91. The monoisotopic (exact) mass is 218 g/mol. The van der Waals surface area contributed by atoms with Crippen LogP contribution in [0.2, 0.25) is 0 Å². The van der Waals surface area contributed by atoms with Crippen molar-refractivity contribution in [2.24, 2.45) is 0 Å². The highest BCUT2D eigenvalue weighted by Crippen LogP contribution is 2.14. The minimum Gasteiger partial charge on any atom is -0.497 e. The lowest BCUT2D eigenvalue weighted by Crippen LogP contribution is -2.33. The Morgan fingerprint density at radius 2 is 2.25 bits per heavy atom. The zero-order chi connectivity index (χ0) is 12.1. The molecule has 0 aromatic heterocycles. The molecule has 84 valence electrons. The summed E-state index contributed by atoms with van der Waals surface area (Å²) >= 11 is 0. The van der Waals surface area contributed by atoms with Crippen molar-refractivity contribution in [2.45, 2.75) is 13.0 Å². The SMILES string of the molecule is COc1cccc(C(=O)N(C)C(C)C#N)c1. The summed E-state index contributed by atoms with van der Waals surface area (Å²) in [5, 5.41) is 8.73. The third-order valence-electron chi connectivity index (χ3n) is 2.40. The Morgan fingerprint density at radius 1 is 1.56 bits per heavy atom. The van der Waals surface area contributed by atoms with Crippen LogP contribution in [0.4, 0.5) is 0 Å². The topological polar surface area (TPSA) is 53.3 Å². The molecule has 0 heterocycles. The van der Waals surface area contributed by atoms with E-state index in [1.165, 1.54) is 4.90 Å². The van der Waals surface area contributed by atoms with Crippen molar-refractivity contribution in [3.63, 3.8) is 0 Å². The van der Waals surface area contributed by atoms with Crippen LogP contribution in [-0.2, 0) is 0 Å². The van der Waals surface area contributed by atoms with Gasteiger partial charge in [-0.2, -0.15) is 5.26 Å². The molecule has 0 spiro atoms. The third kappa shape index (κ3) is 2.51. The maximum absolute atomic E-state index is 11.9. The van der Waals surface area contributed by atoms with Gasteiger partial charge in [-0.25, -0.2) is 0 Å². The molecule has 0 aliphatic heterocycles. The normalized spacial score (nSPS) is 11.4. The number of hydrogen-bond donors (Lipinski definition) is 0. The third-order valence-corrected chi connectivity index (χ3v) is 2.40. The molecule has 4 nitrogen and oxygen atoms in total. The van der Waals surface area contributed by atoms with Crippen LogP contribution < -0.4 is 4.74 Å². The predicted molar refractivity (Wildman–Crippen MR) is 60.2 cm³/mol. The number of methoxy groups -OCH3 is 1. The van der Waals surface area contributed by atoms with Crippen LogP contribution in [0.1, 0.15) is 17.3 Å². The van der Waals surface area contributed by atoms with Gasteiger partial charge >= 0.3 is 0 Å². The summed E-state index contributed by atoms with van der Waals surface area (Å²) in [6, 6.07) is 8.44. The van der Waals surface area contributed by atoms with Gasteiger partial charge in [-0.15, -0.1) is 0 Å². The number of nitriles is 1. The largest absolute Gasteiger partial charge is 0.497 e. The lowest BCUT2D eigenvalue weighted by Gasteiger charge is -2.19. The van der Waals surface area contributed by atoms with Gasteiger partial charge < -0.3 is 9.64 Å². The van der Waals surface area contributed by atoms with Crippen LogP contribution in [0, 0.1) is 11.3 Å². The molecule has 1 aromatic carbocycles. The van der Waals surface area contributed by atoms with Gasteiger partial charge in [0.15, 0.2) is 0 Å². The number of hydrogen-bond acceptors (Lipinski definition) is 3. The highest BCUT2D eigenvalue weighted by Gasteiger charge is 2.17. The van der Waals surface area contributed by atoms with E-state index in [9.17, 15) is 4.79 Å². The van der Waals surface area contributed by atoms with E-state index >= 15 is 0 Å². The first-order chi connectivity index (χ1) is 7.60. The number of nitrogens with zero attached hydrogens (tertiary/aromatic N) is 2. The summed E-state index contributed by atoms with van der Waals surface area (Å²) in [6.45, 7) is 1.68. The molecule has 0 saturated heterocycles. The molecule has 0 N–H and O–H groups in total. The Balaban J connectivity index is 2.92. The van der Waals surface area contributed by atoms with Crippen molar-refractivity contribution in [1.29, 1.82) is 5.26 Å². The van der Waals surface area contributed by atoms with E-state index in [1.807, 2.05) is 6.07 Å². The number of rotatable bonds is 3. The minimum atomic E-state index is -0.446. The Hall–Kier alpha value is -2.02. The number of amides is 1. The summed E-state index contributed by atoms with van der Waals surface area (Å²) in [5.74, 6) is 0.441. The number of ether oxygens (including phenoxy) is 1. The fourth-order valence-electron chi connectivity index (χ4n) is 1.22. The minimum absolute atomic E-state index is 0.187. The summed E-state index contributed by atoms with van der Waals surface area (Å²) in [4.78, 5) is 13.3. The molecular weight excluding hydrogens is 204 g/mol. The Kier molecular flexibility index (Phi) is 3.90. The van der Waals surface area contributed by atoms with Crippen LogP contribution in [-0.4, -0.2) is 31.0 Å². The maximum Gasteiger partial charge on any atom is 0.254 e. The van der Waals surface area contributed by atoms with Crippen molar-refractivity contribution >= 4 is 5.91 Å². The molecular formula is C12H14N2O2. The lowest BCUT2D eigenvalue weighted by molar-refractivity contribution is 0.0773. The van der Waals surface area contributed by atoms with E-state index in [1.54, 1.807) is 45.3 Å². The molecule has 0 radical (unpaired) electrons. The molecule has 16 heavy (non-hydrogen) atoms. The first-order valence-electron chi connectivity index (χ1n) is 4.91. The quantitative estimate of drug-likeness (QED) is 0.775. The highest BCUT2D eigenvalue weighted by molar-refractivity contribution is 5.94. The number of carbonyl (C=O) groups is 1. The molecule has 0 saturated carbocycles. The summed E-state index contributed by atoms with van der Waals surface area (Å²) in [5.41, 5.74) is 0.518. The predicted octanol–water partition coefficient (Wildman–Crippen LogP) is 1.68. The summed E-state index contributed by atoms with van der Waals surface area (Å²) in [7, 11) is 3.15. The van der Waals surface area contributed by atoms with Gasteiger partial charge in [-0.1, -0.05) is 6.07 Å². The van der Waals surface area contributed by atoms with Gasteiger partial charge in [0.2, 0.25) is 0 Å². The number of benzene rings is 1. The van der Waals surface area contributed by atoms with Gasteiger partial charge in [-0.05, 0) is 25.1 Å². The summed E-state index contributed by atoms with van der Waals surface area (Å²) < 4.78 is 5.04. The van der Waals surface area contributed by atoms with Crippen LogP contribution in [0.25, 0.3) is 0 Å². The van der Waals surface area contributed by atoms with Gasteiger partial charge in [0.05, 0.1) is 13.2 Å². The molecule has 0 fully saturated rings. The average molecular weight is 218 g/mol. The van der Waals surface area contributed by atoms with Crippen LogP contribution in [0.15, 0.2) is 24.3 Å². The lowest BCUT2D eigenvalue weighted by atomic mass is 10.1. The van der Waals surface area contributed by atoms with E-state index in [-0.39, 0.29) is 5.91 Å². The molecule has 4 heteroatoms. The van der Waals surface area contributed by atoms with Crippen molar-refractivity contribution in [3.8, 4) is 11.8 Å². The van der Waals surface area contributed by atoms with Crippen LogP contribution in [0.3, 0.4) is 0 Å². The molecule has 0 aliphatic rings. The van der Waals surface area contributed by atoms with Gasteiger partial charge in [-0.3, -0.25) is 4.79 Å². The molecule has 1 rings (SSSR count). The van der Waals surface area contributed by atoms with Crippen molar-refractivity contribution in [2.75, 3.05) is 14.2 Å². The molecule has 1 aromatic rings. The molecule has 1 unspecified atom stereocenters. The highest BCUT2D eigenvalue weighted by atomic mass is 16.5. The smallest absolute Gasteiger partial charge is 0.254 e. The van der Waals surface area contributed by atoms with Gasteiger partial charge in [0.25, 0.3) is 5.91 Å². The second-order valence-corrected chi connectivity index (χ2v) is 3.45. The van der Waals surface area contributed by atoms with E-state index in [0.29, 0.717) is 11.3 Å². The van der Waals surface area contributed by atoms with E-state index in [0.717, 1.165) is 0 Å². The molecule has 1 amide bonds. The fourth-order valence-corrected chi connectivity index (χ4v) is 1.22. The van der Waals surface area contributed by atoms with E-state index in [2.05, 4.69) is 0 Å². The van der Waals surface area contributed by atoms with Crippen molar-refractivity contribution in [1.82, 2.24) is 4.90 Å². The Morgan fingerprint density at radius 3 is 2.81 bits per heavy atom. The van der Waals surface area contributed by atoms with Crippen LogP contribution >= 0.6 is 0 Å². The Bertz CT molecular complexity index is 423. The molecule has 0 aliphatic carbocycles. The van der Waals surface area contributed by atoms with Crippen molar-refractivity contribution in [3.05, 3.63) is 29.8 Å². The van der Waals surface area contributed by atoms with Crippen LogP contribution in [0.5, 0.6) is 5.75 Å². The standard InChI is InChI=1S/C12H14N2O2/c1-9(8-13)14(2)12(15)10-5-4-6-11(7-10)16-3/h4-7,9H,1-3H3.